The highest BCUT2D eigenvalue weighted by molar-refractivity contribution is 5.89. The molecule has 0 radical (unpaired) electrons. The molecule has 0 N–H and O–H groups in total. The first-order chi connectivity index (χ1) is 10.2. The Labute approximate surface area is 127 Å². The van der Waals surface area contributed by atoms with Crippen LogP contribution in [0.5, 0.6) is 0 Å². The lowest BCUT2D eigenvalue weighted by Crippen LogP contribution is -2.20. The zero-order valence-corrected chi connectivity index (χ0v) is 12.9. The second-order valence-electron chi connectivity index (χ2n) is 5.53. The van der Waals surface area contributed by atoms with Crippen LogP contribution in [0, 0.1) is 0 Å². The number of esters is 1. The summed E-state index contributed by atoms with van der Waals surface area (Å²) in [7, 11) is 1.78. The largest absolute Gasteiger partial charge is 0.462 e. The van der Waals surface area contributed by atoms with Crippen LogP contribution in [0.25, 0.3) is 0 Å². The highest BCUT2D eigenvalue weighted by atomic mass is 16.5. The molecule has 0 aromatic heterocycles. The van der Waals surface area contributed by atoms with Gasteiger partial charge in [0.2, 0.25) is 0 Å². The van der Waals surface area contributed by atoms with Crippen molar-refractivity contribution in [2.24, 2.45) is 0 Å². The molecule has 0 heterocycles. The van der Waals surface area contributed by atoms with Crippen molar-refractivity contribution < 1.29 is 14.3 Å². The van der Waals surface area contributed by atoms with Gasteiger partial charge in [-0.3, -0.25) is 0 Å². The van der Waals surface area contributed by atoms with Gasteiger partial charge in [0.05, 0.1) is 18.3 Å². The molecular weight excluding hydrogens is 264 g/mol. The highest BCUT2D eigenvalue weighted by Gasteiger charge is 2.20. The van der Waals surface area contributed by atoms with E-state index in [1.807, 2.05) is 18.2 Å². The summed E-state index contributed by atoms with van der Waals surface area (Å²) < 4.78 is 10.9. The molecule has 0 amide bonds. The van der Waals surface area contributed by atoms with Crippen molar-refractivity contribution in [2.45, 2.75) is 45.1 Å². The van der Waals surface area contributed by atoms with Gasteiger partial charge in [-0.1, -0.05) is 30.2 Å². The van der Waals surface area contributed by atoms with E-state index in [4.69, 9.17) is 9.47 Å². The monoisotopic (exact) mass is 288 g/mol. The number of carbonyl (C=O) groups excluding carboxylic acids is 1. The van der Waals surface area contributed by atoms with E-state index in [1.165, 1.54) is 24.0 Å². The normalized spacial score (nSPS) is 21.0. The first kappa shape index (κ1) is 15.8. The average molecular weight is 288 g/mol. The predicted octanol–water partition coefficient (Wildman–Crippen LogP) is 4.14. The first-order valence-corrected chi connectivity index (χ1v) is 7.66. The van der Waals surface area contributed by atoms with E-state index in [0.29, 0.717) is 12.2 Å². The Hall–Kier alpha value is -1.61. The molecule has 0 bridgehead atoms. The first-order valence-electron chi connectivity index (χ1n) is 7.66. The van der Waals surface area contributed by atoms with Crippen molar-refractivity contribution in [3.8, 4) is 0 Å². The average Bonchev–Trinajstić information content (AvgIpc) is 2.55. The van der Waals surface area contributed by atoms with Gasteiger partial charge in [-0.15, -0.1) is 0 Å². The molecular formula is C18H24O3. The number of carbonyl (C=O) groups is 1. The van der Waals surface area contributed by atoms with Crippen LogP contribution in [0.3, 0.4) is 0 Å². The quantitative estimate of drug-likeness (QED) is 0.603. The maximum atomic E-state index is 11.9. The summed E-state index contributed by atoms with van der Waals surface area (Å²) in [5, 5.41) is 0. The van der Waals surface area contributed by atoms with Gasteiger partial charge >= 0.3 is 5.97 Å². The maximum Gasteiger partial charge on any atom is 0.338 e. The molecule has 3 nitrogen and oxygen atoms in total. The second-order valence-corrected chi connectivity index (χ2v) is 5.53. The third-order valence-electron chi connectivity index (χ3n) is 4.10. The van der Waals surface area contributed by atoms with E-state index in [0.717, 1.165) is 19.3 Å². The Morgan fingerprint density at radius 1 is 1.24 bits per heavy atom. The highest BCUT2D eigenvalue weighted by Crippen LogP contribution is 2.29. The van der Waals surface area contributed by atoms with Gasteiger partial charge in [-0.25, -0.2) is 4.79 Å². The van der Waals surface area contributed by atoms with E-state index in [1.54, 1.807) is 19.2 Å². The molecule has 1 atom stereocenters. The van der Waals surface area contributed by atoms with Crippen LogP contribution in [-0.2, 0) is 9.47 Å². The van der Waals surface area contributed by atoms with Crippen LogP contribution in [0.1, 0.15) is 49.4 Å². The van der Waals surface area contributed by atoms with Crippen LogP contribution >= 0.6 is 0 Å². The molecule has 1 fully saturated rings. The number of ether oxygens (including phenoxy) is 2. The van der Waals surface area contributed by atoms with Crippen molar-refractivity contribution in [2.75, 3.05) is 13.7 Å². The van der Waals surface area contributed by atoms with E-state index in [-0.39, 0.29) is 12.1 Å². The summed E-state index contributed by atoms with van der Waals surface area (Å²) in [5.41, 5.74) is 3.32. The van der Waals surface area contributed by atoms with Gasteiger partial charge in [-0.2, -0.15) is 0 Å². The molecule has 0 spiro atoms. The molecule has 21 heavy (non-hydrogen) atoms. The molecule has 1 aliphatic carbocycles. The minimum atomic E-state index is -0.250. The zero-order valence-electron chi connectivity index (χ0n) is 12.9. The Morgan fingerprint density at radius 2 is 2.00 bits per heavy atom. The van der Waals surface area contributed by atoms with Gasteiger partial charge < -0.3 is 9.47 Å². The summed E-state index contributed by atoms with van der Waals surface area (Å²) in [6, 6.07) is 9.12. The van der Waals surface area contributed by atoms with Crippen LogP contribution in [-0.4, -0.2) is 25.8 Å². The molecule has 1 aromatic carbocycles. The summed E-state index contributed by atoms with van der Waals surface area (Å²) in [6.45, 7) is 2.56. The lowest BCUT2D eigenvalue weighted by Gasteiger charge is -2.26. The van der Waals surface area contributed by atoms with Crippen molar-refractivity contribution in [1.82, 2.24) is 0 Å². The molecule has 0 saturated heterocycles. The van der Waals surface area contributed by atoms with Gasteiger partial charge in [0, 0.05) is 13.5 Å². The Balaban J connectivity index is 1.86. The fraction of sp³-hybridized carbons (Fsp3) is 0.500. The fourth-order valence-corrected chi connectivity index (χ4v) is 2.84. The van der Waals surface area contributed by atoms with Crippen LogP contribution in [0.2, 0.25) is 0 Å². The molecule has 114 valence electrons. The third kappa shape index (κ3) is 4.43. The number of methoxy groups -OCH3 is 1. The SMILES string of the molecule is COC1CCCC/C1=C(/C)CCOC(=O)c1ccccc1. The smallest absolute Gasteiger partial charge is 0.338 e. The molecule has 0 aliphatic heterocycles. The molecule has 3 heteroatoms. The van der Waals surface area contributed by atoms with Gasteiger partial charge in [0.25, 0.3) is 0 Å². The minimum absolute atomic E-state index is 0.250. The van der Waals surface area contributed by atoms with Gasteiger partial charge in [-0.05, 0) is 43.9 Å². The molecule has 1 unspecified atom stereocenters. The van der Waals surface area contributed by atoms with Crippen LogP contribution < -0.4 is 0 Å². The summed E-state index contributed by atoms with van der Waals surface area (Å²) in [6.07, 6.45) is 5.72. The predicted molar refractivity (Wildman–Crippen MR) is 83.3 cm³/mol. The lowest BCUT2D eigenvalue weighted by molar-refractivity contribution is 0.0508. The maximum absolute atomic E-state index is 11.9. The van der Waals surface area contributed by atoms with E-state index >= 15 is 0 Å². The topological polar surface area (TPSA) is 35.5 Å². The van der Waals surface area contributed by atoms with Crippen LogP contribution in [0.4, 0.5) is 0 Å². The molecule has 1 aliphatic rings. The summed E-state index contributed by atoms with van der Waals surface area (Å²) in [4.78, 5) is 11.9. The number of hydrogen-bond acceptors (Lipinski definition) is 3. The van der Waals surface area contributed by atoms with E-state index in [9.17, 15) is 4.79 Å². The Kier molecular flexibility index (Phi) is 6.00. The van der Waals surface area contributed by atoms with Crippen LogP contribution in [0.15, 0.2) is 41.5 Å². The summed E-state index contributed by atoms with van der Waals surface area (Å²) in [5.74, 6) is -0.250. The van der Waals surface area contributed by atoms with Crippen molar-refractivity contribution in [1.29, 1.82) is 0 Å². The van der Waals surface area contributed by atoms with Crippen molar-refractivity contribution in [3.05, 3.63) is 47.0 Å². The molecule has 1 saturated carbocycles. The number of rotatable bonds is 5. The second kappa shape index (κ2) is 7.99. The van der Waals surface area contributed by atoms with Gasteiger partial charge in [0.1, 0.15) is 0 Å². The zero-order chi connectivity index (χ0) is 15.1. The van der Waals surface area contributed by atoms with E-state index in [2.05, 4.69) is 6.92 Å². The number of hydrogen-bond donors (Lipinski definition) is 0. The lowest BCUT2D eigenvalue weighted by atomic mass is 9.88. The number of benzene rings is 1. The summed E-state index contributed by atoms with van der Waals surface area (Å²) >= 11 is 0. The van der Waals surface area contributed by atoms with Crippen molar-refractivity contribution >= 4 is 5.97 Å². The van der Waals surface area contributed by atoms with Gasteiger partial charge in [0.15, 0.2) is 0 Å². The standard InChI is InChI=1S/C18H24O3/c1-14(16-10-6-7-11-17(16)20-2)12-13-21-18(19)15-8-4-3-5-9-15/h3-5,8-9,17H,6-7,10-13H2,1-2H3/b16-14+. The van der Waals surface area contributed by atoms with Crippen molar-refractivity contribution in [3.63, 3.8) is 0 Å². The minimum Gasteiger partial charge on any atom is -0.462 e. The Bertz CT molecular complexity index is 490. The molecule has 1 aromatic rings. The third-order valence-corrected chi connectivity index (χ3v) is 4.10. The Morgan fingerprint density at radius 3 is 2.71 bits per heavy atom. The fourth-order valence-electron chi connectivity index (χ4n) is 2.84. The molecule has 2 rings (SSSR count). The van der Waals surface area contributed by atoms with E-state index < -0.39 is 0 Å².